The van der Waals surface area contributed by atoms with Gasteiger partial charge in [-0.25, -0.2) is 4.99 Å². The lowest BCUT2D eigenvalue weighted by molar-refractivity contribution is -0.140. The molecule has 0 aromatic heterocycles. The molecule has 0 fully saturated rings. The summed E-state index contributed by atoms with van der Waals surface area (Å²) in [5.41, 5.74) is 2.83. The van der Waals surface area contributed by atoms with Gasteiger partial charge < -0.3 is 19.5 Å². The maximum atomic E-state index is 14.4. The second kappa shape index (κ2) is 11.1. The van der Waals surface area contributed by atoms with Gasteiger partial charge >= 0.3 is 0 Å². The van der Waals surface area contributed by atoms with Crippen molar-refractivity contribution in [3.05, 3.63) is 99.5 Å². The van der Waals surface area contributed by atoms with Crippen LogP contribution in [0.5, 0.6) is 5.75 Å². The number of aliphatic hydroxyl groups is 1. The molecule has 0 saturated carbocycles. The van der Waals surface area contributed by atoms with Crippen molar-refractivity contribution < 1.29 is 19.4 Å². The Morgan fingerprint density at radius 2 is 1.81 bits per heavy atom. The van der Waals surface area contributed by atoms with Crippen LogP contribution in [0.4, 0.5) is 0 Å². The molecule has 2 aliphatic heterocycles. The van der Waals surface area contributed by atoms with Crippen molar-refractivity contribution in [3.8, 4) is 5.75 Å². The number of nitrogens with zero attached hydrogens (tertiary/aromatic N) is 2. The maximum absolute atomic E-state index is 14.4. The number of carbonyl (C=O) groups is 1. The number of halogens is 1. The average molecular weight is 563 g/mol. The van der Waals surface area contributed by atoms with Crippen LogP contribution in [-0.4, -0.2) is 47.1 Å². The molecule has 1 spiro atoms. The standard InChI is InChI=1S/C30H31BrN2O4/c1-2-16-33-20-23-9-4-3-8-22(23)19-30(29(33)35)27(25-10-5-6-11-26(25)31)37-28(32-30)21-12-14-24(15-13-21)36-18-7-17-34/h3-6,8-15,27,34H,2,7,16-20H2,1H3/t27-,30-/m1/s1. The normalized spacial score (nSPS) is 20.8. The third kappa shape index (κ3) is 5.03. The number of benzene rings is 3. The van der Waals surface area contributed by atoms with Gasteiger partial charge in [-0.05, 0) is 47.9 Å². The summed E-state index contributed by atoms with van der Waals surface area (Å²) in [4.78, 5) is 21.5. The molecule has 192 valence electrons. The van der Waals surface area contributed by atoms with Gasteiger partial charge in [0, 0.05) is 48.1 Å². The van der Waals surface area contributed by atoms with Gasteiger partial charge in [0.2, 0.25) is 5.90 Å². The lowest BCUT2D eigenvalue weighted by Gasteiger charge is -2.33. The molecule has 37 heavy (non-hydrogen) atoms. The van der Waals surface area contributed by atoms with Crippen LogP contribution in [0.2, 0.25) is 0 Å². The van der Waals surface area contributed by atoms with Crippen molar-refractivity contribution in [2.75, 3.05) is 19.8 Å². The first-order chi connectivity index (χ1) is 18.1. The van der Waals surface area contributed by atoms with Crippen molar-refractivity contribution in [2.24, 2.45) is 4.99 Å². The fourth-order valence-electron chi connectivity index (χ4n) is 5.11. The van der Waals surface area contributed by atoms with E-state index in [4.69, 9.17) is 19.6 Å². The number of amides is 1. The first-order valence-electron chi connectivity index (χ1n) is 12.8. The lowest BCUT2D eigenvalue weighted by atomic mass is 9.82. The SMILES string of the molecule is CCCN1Cc2ccccc2C[C@]2(N=C(c3ccc(OCCCO)cc3)O[C@@H]2c2ccccc2Br)C1=O. The van der Waals surface area contributed by atoms with Gasteiger partial charge in [0.25, 0.3) is 5.91 Å². The van der Waals surface area contributed by atoms with Gasteiger partial charge in [-0.3, -0.25) is 4.79 Å². The molecule has 2 aliphatic rings. The predicted molar refractivity (Wildman–Crippen MR) is 147 cm³/mol. The van der Waals surface area contributed by atoms with Crippen LogP contribution in [0.1, 0.15) is 48.1 Å². The number of fused-ring (bicyclic) bond motifs is 1. The van der Waals surface area contributed by atoms with Gasteiger partial charge in [-0.2, -0.15) is 0 Å². The minimum absolute atomic E-state index is 0.00902. The van der Waals surface area contributed by atoms with Gasteiger partial charge in [0.05, 0.1) is 6.61 Å². The molecule has 2 atom stereocenters. The fraction of sp³-hybridized carbons (Fsp3) is 0.333. The zero-order valence-electron chi connectivity index (χ0n) is 20.9. The van der Waals surface area contributed by atoms with Crippen LogP contribution in [0.3, 0.4) is 0 Å². The van der Waals surface area contributed by atoms with Crippen molar-refractivity contribution >= 4 is 27.7 Å². The van der Waals surface area contributed by atoms with Crippen molar-refractivity contribution in [1.29, 1.82) is 0 Å². The molecule has 5 rings (SSSR count). The Morgan fingerprint density at radius 3 is 2.54 bits per heavy atom. The molecule has 7 heteroatoms. The number of rotatable bonds is 8. The summed E-state index contributed by atoms with van der Waals surface area (Å²) in [6, 6.07) is 23.7. The second-order valence-electron chi connectivity index (χ2n) is 9.48. The topological polar surface area (TPSA) is 71.4 Å². The van der Waals surface area contributed by atoms with Crippen molar-refractivity contribution in [1.82, 2.24) is 4.90 Å². The first kappa shape index (κ1) is 25.5. The summed E-state index contributed by atoms with van der Waals surface area (Å²) in [5.74, 6) is 1.15. The summed E-state index contributed by atoms with van der Waals surface area (Å²) in [7, 11) is 0. The van der Waals surface area contributed by atoms with Crippen LogP contribution < -0.4 is 4.74 Å². The number of hydrogen-bond donors (Lipinski definition) is 1. The zero-order chi connectivity index (χ0) is 25.8. The molecule has 2 heterocycles. The predicted octanol–water partition coefficient (Wildman–Crippen LogP) is 5.46. The molecule has 0 bridgehead atoms. The summed E-state index contributed by atoms with van der Waals surface area (Å²) in [6.45, 7) is 3.85. The Kier molecular flexibility index (Phi) is 7.63. The summed E-state index contributed by atoms with van der Waals surface area (Å²) in [6.07, 6.45) is 1.31. The van der Waals surface area contributed by atoms with Crippen LogP contribution in [-0.2, 0) is 22.5 Å². The number of aliphatic hydroxyl groups excluding tert-OH is 1. The lowest BCUT2D eigenvalue weighted by Crippen LogP contribution is -2.50. The molecule has 0 saturated heterocycles. The number of ether oxygens (including phenoxy) is 2. The highest BCUT2D eigenvalue weighted by Crippen LogP contribution is 2.47. The van der Waals surface area contributed by atoms with E-state index in [2.05, 4.69) is 35.0 Å². The number of carbonyl (C=O) groups excluding carboxylic acids is 1. The second-order valence-corrected chi connectivity index (χ2v) is 10.3. The van der Waals surface area contributed by atoms with E-state index in [1.165, 1.54) is 0 Å². The molecular formula is C30H31BrN2O4. The largest absolute Gasteiger partial charge is 0.494 e. The Morgan fingerprint density at radius 1 is 1.08 bits per heavy atom. The van der Waals surface area contributed by atoms with Crippen LogP contribution >= 0.6 is 15.9 Å². The third-order valence-electron chi connectivity index (χ3n) is 6.92. The molecule has 0 unspecified atom stereocenters. The first-order valence-corrected chi connectivity index (χ1v) is 13.6. The summed E-state index contributed by atoms with van der Waals surface area (Å²) >= 11 is 3.70. The van der Waals surface area contributed by atoms with E-state index in [0.717, 1.165) is 33.1 Å². The highest BCUT2D eigenvalue weighted by atomic mass is 79.9. The maximum Gasteiger partial charge on any atom is 0.255 e. The number of hydrogen-bond acceptors (Lipinski definition) is 5. The summed E-state index contributed by atoms with van der Waals surface area (Å²) in [5, 5.41) is 9.00. The molecule has 3 aromatic carbocycles. The Bertz CT molecular complexity index is 1290. The quantitative estimate of drug-likeness (QED) is 0.370. The fourth-order valence-corrected chi connectivity index (χ4v) is 5.60. The smallest absolute Gasteiger partial charge is 0.255 e. The Labute approximate surface area is 226 Å². The van der Waals surface area contributed by atoms with E-state index < -0.39 is 11.6 Å². The number of aliphatic imine (C=N–C) groups is 1. The van der Waals surface area contributed by atoms with Gasteiger partial charge in [-0.15, -0.1) is 0 Å². The molecule has 3 aromatic rings. The van der Waals surface area contributed by atoms with Gasteiger partial charge in [-0.1, -0.05) is 65.3 Å². The average Bonchev–Trinajstić information content (AvgIpc) is 3.24. The van der Waals surface area contributed by atoms with E-state index in [1.807, 2.05) is 65.6 Å². The van der Waals surface area contributed by atoms with Crippen molar-refractivity contribution in [3.63, 3.8) is 0 Å². The van der Waals surface area contributed by atoms with Crippen LogP contribution in [0.15, 0.2) is 82.3 Å². The Balaban J connectivity index is 1.60. The third-order valence-corrected chi connectivity index (χ3v) is 7.64. The van der Waals surface area contributed by atoms with Crippen LogP contribution in [0.25, 0.3) is 0 Å². The molecule has 6 nitrogen and oxygen atoms in total. The van der Waals surface area contributed by atoms with Crippen molar-refractivity contribution in [2.45, 2.75) is 44.4 Å². The van der Waals surface area contributed by atoms with E-state index in [1.54, 1.807) is 0 Å². The van der Waals surface area contributed by atoms with E-state index >= 15 is 0 Å². The molecule has 1 N–H and O–H groups in total. The Hall–Kier alpha value is -3.16. The minimum atomic E-state index is -1.13. The van der Waals surface area contributed by atoms with E-state index in [9.17, 15) is 4.79 Å². The summed E-state index contributed by atoms with van der Waals surface area (Å²) < 4.78 is 13.2. The molecule has 0 radical (unpaired) electrons. The highest BCUT2D eigenvalue weighted by Gasteiger charge is 2.56. The van der Waals surface area contributed by atoms with Gasteiger partial charge in [0.15, 0.2) is 11.6 Å². The minimum Gasteiger partial charge on any atom is -0.494 e. The molecule has 1 amide bonds. The van der Waals surface area contributed by atoms with Crippen LogP contribution in [0, 0.1) is 0 Å². The monoisotopic (exact) mass is 562 g/mol. The highest BCUT2D eigenvalue weighted by molar-refractivity contribution is 9.10. The van der Waals surface area contributed by atoms with E-state index in [0.29, 0.717) is 44.2 Å². The van der Waals surface area contributed by atoms with E-state index in [-0.39, 0.29) is 12.5 Å². The molecule has 0 aliphatic carbocycles. The zero-order valence-corrected chi connectivity index (χ0v) is 22.5. The molecular weight excluding hydrogens is 532 g/mol. The van der Waals surface area contributed by atoms with Gasteiger partial charge in [0.1, 0.15) is 5.75 Å².